The second-order valence-corrected chi connectivity index (χ2v) is 8.36. The SMILES string of the molecule is Cc1ncsc1C1(CNC(=O)c2c(F)cccc2-c2ccc(C(F)(F)F)cc2)NC(=O)NC1=O. The standard InChI is InChI=1S/C22H16F4N4O3S/c1-11-17(34-10-28-11)21(19(32)29-20(33)30-21)9-27-18(31)16-14(3-2-4-15(16)23)12-5-7-13(8-6-12)22(24,25)26/h2-8,10H,9H2,1H3,(H,27,31)(H2,29,30,32,33). The number of halogens is 4. The smallest absolute Gasteiger partial charge is 0.349 e. The number of rotatable bonds is 5. The van der Waals surface area contributed by atoms with Gasteiger partial charge in [0.2, 0.25) is 0 Å². The molecule has 1 fully saturated rings. The number of aryl methyl sites for hydroxylation is 1. The van der Waals surface area contributed by atoms with E-state index in [9.17, 15) is 31.9 Å². The molecule has 0 saturated carbocycles. The molecule has 3 N–H and O–H groups in total. The molecule has 3 aromatic rings. The number of hydrogen-bond donors (Lipinski definition) is 3. The van der Waals surface area contributed by atoms with Crippen molar-refractivity contribution in [1.82, 2.24) is 20.9 Å². The first-order valence-corrected chi connectivity index (χ1v) is 10.7. The van der Waals surface area contributed by atoms with Crippen molar-refractivity contribution in [2.45, 2.75) is 18.6 Å². The van der Waals surface area contributed by atoms with Crippen LogP contribution in [0, 0.1) is 12.7 Å². The van der Waals surface area contributed by atoms with Crippen LogP contribution in [-0.4, -0.2) is 29.4 Å². The number of amides is 4. The average Bonchev–Trinajstić information content (AvgIpc) is 3.33. The van der Waals surface area contributed by atoms with E-state index in [1.807, 2.05) is 0 Å². The van der Waals surface area contributed by atoms with Crippen LogP contribution in [0.25, 0.3) is 11.1 Å². The molecular formula is C22H16F4N4O3S. The Balaban J connectivity index is 1.66. The lowest BCUT2D eigenvalue weighted by Gasteiger charge is -2.26. The number of carbonyl (C=O) groups excluding carboxylic acids is 3. The van der Waals surface area contributed by atoms with Crippen molar-refractivity contribution in [3.8, 4) is 11.1 Å². The van der Waals surface area contributed by atoms with Crippen LogP contribution in [0.5, 0.6) is 0 Å². The fourth-order valence-electron chi connectivity index (χ4n) is 3.70. The van der Waals surface area contributed by atoms with E-state index in [1.165, 1.54) is 17.6 Å². The number of imide groups is 1. The molecule has 1 aliphatic rings. The minimum absolute atomic E-state index is 0.0640. The molecule has 2 heterocycles. The lowest BCUT2D eigenvalue weighted by atomic mass is 9.95. The number of alkyl halides is 3. The molecule has 0 bridgehead atoms. The zero-order chi connectivity index (χ0) is 24.7. The summed E-state index contributed by atoms with van der Waals surface area (Å²) in [6, 6.07) is 6.95. The maximum absolute atomic E-state index is 14.7. The minimum atomic E-state index is -4.55. The Morgan fingerprint density at radius 1 is 1.15 bits per heavy atom. The average molecular weight is 492 g/mol. The van der Waals surface area contributed by atoms with Gasteiger partial charge < -0.3 is 10.6 Å². The topological polar surface area (TPSA) is 100 Å². The highest BCUT2D eigenvalue weighted by atomic mass is 32.1. The van der Waals surface area contributed by atoms with Crippen molar-refractivity contribution in [2.24, 2.45) is 0 Å². The first kappa shape index (κ1) is 23.4. The van der Waals surface area contributed by atoms with Crippen molar-refractivity contribution in [3.05, 3.63) is 75.5 Å². The van der Waals surface area contributed by atoms with E-state index in [-0.39, 0.29) is 11.1 Å². The number of urea groups is 1. The number of benzene rings is 2. The lowest BCUT2D eigenvalue weighted by molar-refractivity contribution is -0.137. The van der Waals surface area contributed by atoms with E-state index >= 15 is 0 Å². The van der Waals surface area contributed by atoms with E-state index in [0.717, 1.165) is 41.7 Å². The molecule has 34 heavy (non-hydrogen) atoms. The predicted octanol–water partition coefficient (Wildman–Crippen LogP) is 3.74. The van der Waals surface area contributed by atoms with Gasteiger partial charge >= 0.3 is 12.2 Å². The molecule has 4 rings (SSSR count). The van der Waals surface area contributed by atoms with Gasteiger partial charge in [0.1, 0.15) is 5.82 Å². The monoisotopic (exact) mass is 492 g/mol. The number of carbonyl (C=O) groups is 3. The molecule has 0 spiro atoms. The zero-order valence-electron chi connectivity index (χ0n) is 17.4. The Labute approximate surface area is 194 Å². The summed E-state index contributed by atoms with van der Waals surface area (Å²) in [5.41, 5.74) is -0.741. The van der Waals surface area contributed by atoms with Crippen molar-refractivity contribution in [1.29, 1.82) is 0 Å². The molecule has 1 atom stereocenters. The normalized spacial score (nSPS) is 17.9. The van der Waals surface area contributed by atoms with Gasteiger partial charge in [0.15, 0.2) is 5.54 Å². The van der Waals surface area contributed by atoms with E-state index in [0.29, 0.717) is 10.6 Å². The highest BCUT2D eigenvalue weighted by molar-refractivity contribution is 7.10. The number of nitrogens with one attached hydrogen (secondary N) is 3. The second kappa shape index (κ2) is 8.52. The van der Waals surface area contributed by atoms with Gasteiger partial charge in [0.05, 0.1) is 33.8 Å². The molecule has 1 aromatic heterocycles. The maximum Gasteiger partial charge on any atom is 0.416 e. The van der Waals surface area contributed by atoms with Crippen LogP contribution in [0.4, 0.5) is 22.4 Å². The van der Waals surface area contributed by atoms with Gasteiger partial charge in [0, 0.05) is 0 Å². The van der Waals surface area contributed by atoms with Crippen LogP contribution in [0.3, 0.4) is 0 Å². The van der Waals surface area contributed by atoms with Crippen LogP contribution in [0.15, 0.2) is 48.0 Å². The second-order valence-electron chi connectivity index (χ2n) is 7.50. The molecule has 1 aliphatic heterocycles. The summed E-state index contributed by atoms with van der Waals surface area (Å²) < 4.78 is 53.4. The number of thiazole rings is 1. The molecule has 1 unspecified atom stereocenters. The summed E-state index contributed by atoms with van der Waals surface area (Å²) >= 11 is 1.10. The molecule has 0 radical (unpaired) electrons. The van der Waals surface area contributed by atoms with E-state index < -0.39 is 53.0 Å². The Hall–Kier alpha value is -3.80. The third kappa shape index (κ3) is 4.12. The molecule has 12 heteroatoms. The highest BCUT2D eigenvalue weighted by Gasteiger charge is 2.50. The van der Waals surface area contributed by atoms with E-state index in [1.54, 1.807) is 6.92 Å². The molecule has 1 saturated heterocycles. The summed E-state index contributed by atoms with van der Waals surface area (Å²) in [5, 5.41) is 7.11. The Bertz CT molecular complexity index is 1290. The Kier molecular flexibility index (Phi) is 5.86. The maximum atomic E-state index is 14.7. The number of nitrogens with zero attached hydrogens (tertiary/aromatic N) is 1. The van der Waals surface area contributed by atoms with Crippen molar-refractivity contribution in [2.75, 3.05) is 6.54 Å². The van der Waals surface area contributed by atoms with Crippen LogP contribution in [0.2, 0.25) is 0 Å². The van der Waals surface area contributed by atoms with Crippen molar-refractivity contribution in [3.63, 3.8) is 0 Å². The van der Waals surface area contributed by atoms with Gasteiger partial charge in [-0.2, -0.15) is 13.2 Å². The molecule has 2 aromatic carbocycles. The Morgan fingerprint density at radius 2 is 1.85 bits per heavy atom. The molecular weight excluding hydrogens is 476 g/mol. The summed E-state index contributed by atoms with van der Waals surface area (Å²) in [4.78, 5) is 42.0. The molecule has 7 nitrogen and oxygen atoms in total. The van der Waals surface area contributed by atoms with Crippen LogP contribution < -0.4 is 16.0 Å². The minimum Gasteiger partial charge on any atom is -0.349 e. The van der Waals surface area contributed by atoms with Crippen LogP contribution >= 0.6 is 11.3 Å². The van der Waals surface area contributed by atoms with Gasteiger partial charge in [-0.05, 0) is 36.2 Å². The zero-order valence-corrected chi connectivity index (χ0v) is 18.2. The molecule has 176 valence electrons. The van der Waals surface area contributed by atoms with Gasteiger partial charge in [-0.3, -0.25) is 14.9 Å². The van der Waals surface area contributed by atoms with E-state index in [2.05, 4.69) is 20.9 Å². The highest BCUT2D eigenvalue weighted by Crippen LogP contribution is 2.33. The van der Waals surface area contributed by atoms with Crippen molar-refractivity contribution < 1.29 is 31.9 Å². The van der Waals surface area contributed by atoms with Gasteiger partial charge in [-0.1, -0.05) is 24.3 Å². The van der Waals surface area contributed by atoms with Gasteiger partial charge in [-0.15, -0.1) is 11.3 Å². The predicted molar refractivity (Wildman–Crippen MR) is 114 cm³/mol. The number of hydrogen-bond acceptors (Lipinski definition) is 5. The van der Waals surface area contributed by atoms with E-state index in [4.69, 9.17) is 0 Å². The first-order chi connectivity index (χ1) is 16.0. The third-order valence-corrected chi connectivity index (χ3v) is 6.44. The summed E-state index contributed by atoms with van der Waals surface area (Å²) in [6.45, 7) is 1.22. The van der Waals surface area contributed by atoms with Crippen LogP contribution in [-0.2, 0) is 16.5 Å². The third-order valence-electron chi connectivity index (χ3n) is 5.35. The largest absolute Gasteiger partial charge is 0.416 e. The Morgan fingerprint density at radius 3 is 2.41 bits per heavy atom. The summed E-state index contributed by atoms with van der Waals surface area (Å²) in [6.07, 6.45) is -4.55. The fourth-order valence-corrected chi connectivity index (χ4v) is 4.66. The van der Waals surface area contributed by atoms with Crippen molar-refractivity contribution >= 4 is 29.2 Å². The van der Waals surface area contributed by atoms with Gasteiger partial charge in [0.25, 0.3) is 11.8 Å². The number of aromatic nitrogens is 1. The van der Waals surface area contributed by atoms with Crippen LogP contribution in [0.1, 0.15) is 26.5 Å². The van der Waals surface area contributed by atoms with Gasteiger partial charge in [-0.25, -0.2) is 14.2 Å². The summed E-state index contributed by atoms with van der Waals surface area (Å²) in [7, 11) is 0. The fraction of sp³-hybridized carbons (Fsp3) is 0.182. The molecule has 0 aliphatic carbocycles. The molecule has 4 amide bonds. The quantitative estimate of drug-likeness (QED) is 0.373. The first-order valence-electron chi connectivity index (χ1n) is 9.81. The summed E-state index contributed by atoms with van der Waals surface area (Å²) in [5.74, 6) is -2.53. The lowest BCUT2D eigenvalue weighted by Crippen LogP contribution is -2.52.